The third-order valence-electron chi connectivity index (χ3n) is 3.85. The number of aromatic nitrogens is 2. The molecule has 1 heterocycles. The van der Waals surface area contributed by atoms with E-state index in [0.29, 0.717) is 6.04 Å². The summed E-state index contributed by atoms with van der Waals surface area (Å²) in [5.41, 5.74) is 3.69. The lowest BCUT2D eigenvalue weighted by Crippen LogP contribution is -2.43. The summed E-state index contributed by atoms with van der Waals surface area (Å²) in [6.45, 7) is 9.58. The van der Waals surface area contributed by atoms with Gasteiger partial charge in [-0.25, -0.2) is 0 Å². The highest BCUT2D eigenvalue weighted by Crippen LogP contribution is 2.14. The van der Waals surface area contributed by atoms with Gasteiger partial charge in [0, 0.05) is 32.4 Å². The molecule has 0 saturated carbocycles. The normalized spacial score (nSPS) is 13.3. The molecular weight excluding hydrogens is 262 g/mol. The van der Waals surface area contributed by atoms with Gasteiger partial charge in [-0.2, -0.15) is 5.10 Å². The van der Waals surface area contributed by atoms with Crippen LogP contribution in [0.5, 0.6) is 0 Å². The fourth-order valence-corrected chi connectivity index (χ4v) is 2.48. The number of nitrogens with one attached hydrogen (secondary N) is 2. The molecule has 1 unspecified atom stereocenters. The Morgan fingerprint density at radius 1 is 1.33 bits per heavy atom. The SMILES string of the molecule is CCCCCNC(=NC)NC(C)Cc1c(C)nn(C)c1C. The van der Waals surface area contributed by atoms with Crippen molar-refractivity contribution in [3.63, 3.8) is 0 Å². The van der Waals surface area contributed by atoms with Crippen molar-refractivity contribution in [3.8, 4) is 0 Å². The van der Waals surface area contributed by atoms with Crippen molar-refractivity contribution in [2.75, 3.05) is 13.6 Å². The standard InChI is InChI=1S/C16H31N5/c1-7-8-9-10-18-16(17-5)19-12(2)11-15-13(3)20-21(6)14(15)4/h12H,7-11H2,1-6H3,(H2,17,18,19). The molecule has 1 aromatic heterocycles. The average molecular weight is 293 g/mol. The van der Waals surface area contributed by atoms with Crippen LogP contribution in [0.15, 0.2) is 4.99 Å². The zero-order chi connectivity index (χ0) is 15.8. The van der Waals surface area contributed by atoms with E-state index in [1.165, 1.54) is 30.5 Å². The van der Waals surface area contributed by atoms with Gasteiger partial charge < -0.3 is 10.6 Å². The summed E-state index contributed by atoms with van der Waals surface area (Å²) in [5, 5.41) is 11.3. The second-order valence-corrected chi connectivity index (χ2v) is 5.73. The zero-order valence-corrected chi connectivity index (χ0v) is 14.5. The van der Waals surface area contributed by atoms with Gasteiger partial charge in [-0.3, -0.25) is 9.67 Å². The van der Waals surface area contributed by atoms with E-state index in [0.717, 1.165) is 24.6 Å². The quantitative estimate of drug-likeness (QED) is 0.461. The maximum atomic E-state index is 4.48. The fourth-order valence-electron chi connectivity index (χ4n) is 2.48. The van der Waals surface area contributed by atoms with E-state index in [9.17, 15) is 0 Å². The number of aliphatic imine (C=N–C) groups is 1. The van der Waals surface area contributed by atoms with Crippen molar-refractivity contribution in [1.82, 2.24) is 20.4 Å². The summed E-state index contributed by atoms with van der Waals surface area (Å²) < 4.78 is 1.95. The van der Waals surface area contributed by atoms with E-state index in [4.69, 9.17) is 0 Å². The molecule has 0 bridgehead atoms. The Kier molecular flexibility index (Phi) is 7.26. The largest absolute Gasteiger partial charge is 0.356 e. The van der Waals surface area contributed by atoms with Gasteiger partial charge in [0.15, 0.2) is 5.96 Å². The number of hydrogen-bond acceptors (Lipinski definition) is 2. The predicted octanol–water partition coefficient (Wildman–Crippen LogP) is 2.32. The first-order valence-electron chi connectivity index (χ1n) is 7.95. The van der Waals surface area contributed by atoms with E-state index < -0.39 is 0 Å². The molecule has 5 nitrogen and oxygen atoms in total. The number of rotatable bonds is 7. The van der Waals surface area contributed by atoms with Crippen molar-refractivity contribution in [2.24, 2.45) is 12.0 Å². The Labute approximate surface area is 129 Å². The highest BCUT2D eigenvalue weighted by molar-refractivity contribution is 5.79. The number of hydrogen-bond donors (Lipinski definition) is 2. The molecule has 1 aromatic rings. The lowest BCUT2D eigenvalue weighted by Gasteiger charge is -2.18. The van der Waals surface area contributed by atoms with Crippen molar-refractivity contribution < 1.29 is 0 Å². The summed E-state index contributed by atoms with van der Waals surface area (Å²) in [4.78, 5) is 4.29. The van der Waals surface area contributed by atoms with Crippen molar-refractivity contribution >= 4 is 5.96 Å². The van der Waals surface area contributed by atoms with Gasteiger partial charge in [0.1, 0.15) is 0 Å². The van der Waals surface area contributed by atoms with Crippen LogP contribution in [0.3, 0.4) is 0 Å². The monoisotopic (exact) mass is 293 g/mol. The molecule has 0 spiro atoms. The topological polar surface area (TPSA) is 54.2 Å². The maximum absolute atomic E-state index is 4.48. The minimum absolute atomic E-state index is 0.323. The number of unbranched alkanes of at least 4 members (excludes halogenated alkanes) is 2. The minimum Gasteiger partial charge on any atom is -0.356 e. The second kappa shape index (κ2) is 8.70. The lowest BCUT2D eigenvalue weighted by atomic mass is 10.1. The average Bonchev–Trinajstić information content (AvgIpc) is 2.68. The molecule has 5 heteroatoms. The van der Waals surface area contributed by atoms with E-state index in [1.807, 2.05) is 18.8 Å². The van der Waals surface area contributed by atoms with Gasteiger partial charge in [0.2, 0.25) is 0 Å². The smallest absolute Gasteiger partial charge is 0.191 e. The summed E-state index contributed by atoms with van der Waals surface area (Å²) in [7, 11) is 3.82. The third-order valence-corrected chi connectivity index (χ3v) is 3.85. The zero-order valence-electron chi connectivity index (χ0n) is 14.5. The Bertz CT molecular complexity index is 461. The third kappa shape index (κ3) is 5.40. The van der Waals surface area contributed by atoms with Crippen LogP contribution >= 0.6 is 0 Å². The van der Waals surface area contributed by atoms with Crippen LogP contribution in [0, 0.1) is 13.8 Å². The molecule has 0 fully saturated rings. The van der Waals surface area contributed by atoms with Crippen LogP contribution in [0.1, 0.15) is 50.1 Å². The molecule has 0 aliphatic heterocycles. The van der Waals surface area contributed by atoms with Crippen LogP contribution in [-0.2, 0) is 13.5 Å². The maximum Gasteiger partial charge on any atom is 0.191 e. The van der Waals surface area contributed by atoms with Gasteiger partial charge in [-0.05, 0) is 39.2 Å². The Balaban J connectivity index is 2.49. The van der Waals surface area contributed by atoms with Crippen LogP contribution in [0.4, 0.5) is 0 Å². The summed E-state index contributed by atoms with van der Waals surface area (Å²) in [5.74, 6) is 0.887. The first-order chi connectivity index (χ1) is 9.99. The van der Waals surface area contributed by atoms with E-state index in [-0.39, 0.29) is 0 Å². The molecule has 2 N–H and O–H groups in total. The number of aryl methyl sites for hydroxylation is 2. The molecule has 1 rings (SSSR count). The molecule has 1 atom stereocenters. The molecule has 0 aliphatic carbocycles. The van der Waals surface area contributed by atoms with Gasteiger partial charge in [0.25, 0.3) is 0 Å². The number of guanidine groups is 1. The Morgan fingerprint density at radius 3 is 2.57 bits per heavy atom. The van der Waals surface area contributed by atoms with E-state index in [2.05, 4.69) is 48.4 Å². The number of nitrogens with zero attached hydrogens (tertiary/aromatic N) is 3. The summed E-state index contributed by atoms with van der Waals surface area (Å²) in [6.07, 6.45) is 4.64. The van der Waals surface area contributed by atoms with E-state index >= 15 is 0 Å². The van der Waals surface area contributed by atoms with Crippen LogP contribution in [0.2, 0.25) is 0 Å². The molecule has 0 saturated heterocycles. The molecule has 0 amide bonds. The van der Waals surface area contributed by atoms with Crippen molar-refractivity contribution in [2.45, 2.75) is 59.4 Å². The van der Waals surface area contributed by atoms with Gasteiger partial charge in [0.05, 0.1) is 5.69 Å². The van der Waals surface area contributed by atoms with Crippen LogP contribution in [-0.4, -0.2) is 35.4 Å². The first-order valence-corrected chi connectivity index (χ1v) is 7.95. The molecular formula is C16H31N5. The predicted molar refractivity (Wildman–Crippen MR) is 89.9 cm³/mol. The lowest BCUT2D eigenvalue weighted by molar-refractivity contribution is 0.624. The van der Waals surface area contributed by atoms with Crippen LogP contribution < -0.4 is 10.6 Å². The van der Waals surface area contributed by atoms with E-state index in [1.54, 1.807) is 0 Å². The molecule has 0 aliphatic rings. The molecule has 0 aromatic carbocycles. The van der Waals surface area contributed by atoms with Gasteiger partial charge in [-0.1, -0.05) is 19.8 Å². The van der Waals surface area contributed by atoms with Gasteiger partial charge in [-0.15, -0.1) is 0 Å². The fraction of sp³-hybridized carbons (Fsp3) is 0.750. The first kappa shape index (κ1) is 17.5. The van der Waals surface area contributed by atoms with Crippen molar-refractivity contribution in [1.29, 1.82) is 0 Å². The van der Waals surface area contributed by atoms with Gasteiger partial charge >= 0.3 is 0 Å². The molecule has 120 valence electrons. The van der Waals surface area contributed by atoms with Crippen LogP contribution in [0.25, 0.3) is 0 Å². The van der Waals surface area contributed by atoms with Crippen molar-refractivity contribution in [3.05, 3.63) is 17.0 Å². The molecule has 0 radical (unpaired) electrons. The highest BCUT2D eigenvalue weighted by atomic mass is 15.3. The Morgan fingerprint density at radius 2 is 2.05 bits per heavy atom. The molecule has 21 heavy (non-hydrogen) atoms. The second-order valence-electron chi connectivity index (χ2n) is 5.73. The Hall–Kier alpha value is -1.52. The minimum atomic E-state index is 0.323. The highest BCUT2D eigenvalue weighted by Gasteiger charge is 2.13. The summed E-state index contributed by atoms with van der Waals surface area (Å²) >= 11 is 0. The summed E-state index contributed by atoms with van der Waals surface area (Å²) in [6, 6.07) is 0.323.